The number of amides is 1. The van der Waals surface area contributed by atoms with Crippen LogP contribution < -0.4 is 31.5 Å². The molecule has 1 fully saturated rings. The van der Waals surface area contributed by atoms with Crippen LogP contribution in [0.5, 0.6) is 17.2 Å². The molecule has 1 unspecified atom stereocenters. The molecular formula is C22H24ClN3O4. The zero-order chi connectivity index (χ0) is 19.6. The Morgan fingerprint density at radius 3 is 2.50 bits per heavy atom. The average molecular weight is 430 g/mol. The van der Waals surface area contributed by atoms with Gasteiger partial charge in [0.25, 0.3) is 0 Å². The summed E-state index contributed by atoms with van der Waals surface area (Å²) < 4.78 is 17.1. The molecule has 2 aromatic carbocycles. The van der Waals surface area contributed by atoms with Crippen molar-refractivity contribution < 1.29 is 32.8 Å². The number of halogens is 1. The highest BCUT2D eigenvalue weighted by atomic mass is 35.5. The molecule has 30 heavy (non-hydrogen) atoms. The van der Waals surface area contributed by atoms with Gasteiger partial charge in [0.15, 0.2) is 11.5 Å². The first-order valence-electron chi connectivity index (χ1n) is 10.1. The van der Waals surface area contributed by atoms with E-state index < -0.39 is 5.41 Å². The summed E-state index contributed by atoms with van der Waals surface area (Å²) in [7, 11) is 2.14. The van der Waals surface area contributed by atoms with E-state index in [9.17, 15) is 4.79 Å². The molecule has 0 aromatic heterocycles. The number of rotatable bonds is 2. The van der Waals surface area contributed by atoms with Crippen LogP contribution in [0.2, 0.25) is 0 Å². The zero-order valence-electron chi connectivity index (χ0n) is 17.8. The van der Waals surface area contributed by atoms with Crippen molar-refractivity contribution >= 4 is 11.6 Å². The van der Waals surface area contributed by atoms with E-state index in [2.05, 4.69) is 22.9 Å². The van der Waals surface area contributed by atoms with E-state index in [0.717, 1.165) is 43.0 Å². The predicted molar refractivity (Wildman–Crippen MR) is 108 cm³/mol. The van der Waals surface area contributed by atoms with Gasteiger partial charge in [0.2, 0.25) is 12.7 Å². The molecule has 4 heterocycles. The molecule has 1 saturated heterocycles. The summed E-state index contributed by atoms with van der Waals surface area (Å²) >= 11 is 0. The number of piperazine rings is 1. The van der Waals surface area contributed by atoms with Crippen LogP contribution >= 0.6 is 0 Å². The number of carbonyl (C=O) groups excluding carboxylic acids is 1. The molecule has 0 N–H and O–H groups in total. The number of para-hydroxylation sites is 1. The minimum atomic E-state index is -0.820. The van der Waals surface area contributed by atoms with Crippen molar-refractivity contribution in [3.63, 3.8) is 0 Å². The number of ether oxygens (including phenoxy) is 3. The summed E-state index contributed by atoms with van der Waals surface area (Å²) in [6, 6.07) is 11.9. The fraction of sp³-hybridized carbons (Fsp3) is 0.409. The van der Waals surface area contributed by atoms with E-state index in [1.807, 2.05) is 35.2 Å². The van der Waals surface area contributed by atoms with Gasteiger partial charge in [0.05, 0.1) is 6.67 Å². The highest BCUT2D eigenvalue weighted by Gasteiger charge is 2.57. The number of carbonyl (C=O) groups is 1. The van der Waals surface area contributed by atoms with Crippen LogP contribution in [-0.4, -0.2) is 69.0 Å². The molecule has 1 atom stereocenters. The maximum Gasteiger partial charge on any atom is 1.00 e. The van der Waals surface area contributed by atoms with Crippen molar-refractivity contribution in [2.45, 2.75) is 5.41 Å². The van der Waals surface area contributed by atoms with E-state index in [1.54, 1.807) is 0 Å². The normalized spacial score (nSPS) is 24.6. The van der Waals surface area contributed by atoms with Gasteiger partial charge in [-0.3, -0.25) is 14.6 Å². The smallest absolute Gasteiger partial charge is 1.00 e. The average Bonchev–Trinajstić information content (AvgIpc) is 3.41. The first-order valence-corrected chi connectivity index (χ1v) is 10.1. The molecular weight excluding hydrogens is 406 g/mol. The van der Waals surface area contributed by atoms with Crippen molar-refractivity contribution in [2.24, 2.45) is 0 Å². The van der Waals surface area contributed by atoms with Gasteiger partial charge in [0, 0.05) is 43.5 Å². The summed E-state index contributed by atoms with van der Waals surface area (Å²) in [5.74, 6) is 2.14. The highest BCUT2D eigenvalue weighted by molar-refractivity contribution is 6.11. The fourth-order valence-corrected chi connectivity index (χ4v) is 4.89. The third-order valence-corrected chi connectivity index (χ3v) is 6.58. The first-order chi connectivity index (χ1) is 14.2. The Balaban J connectivity index is 0.00000116. The lowest BCUT2D eigenvalue weighted by molar-refractivity contribution is -0.122. The molecule has 1 spiro atoms. The molecule has 8 heteroatoms. The molecule has 0 radical (unpaired) electrons. The first kappa shape index (κ1) is 19.5. The van der Waals surface area contributed by atoms with Crippen LogP contribution in [0.1, 0.15) is 12.6 Å². The van der Waals surface area contributed by atoms with Crippen molar-refractivity contribution in [3.05, 3.63) is 47.5 Å². The van der Waals surface area contributed by atoms with E-state index >= 15 is 0 Å². The molecule has 0 bridgehead atoms. The summed E-state index contributed by atoms with van der Waals surface area (Å²) in [4.78, 5) is 20.5. The van der Waals surface area contributed by atoms with Gasteiger partial charge in [-0.1, -0.05) is 18.2 Å². The monoisotopic (exact) mass is 429 g/mol. The topological polar surface area (TPSA) is 54.5 Å². The van der Waals surface area contributed by atoms with Crippen LogP contribution in [0.4, 0.5) is 5.69 Å². The Morgan fingerprint density at radius 1 is 0.967 bits per heavy atom. The Hall–Kier alpha value is -2.48. The molecule has 0 saturated carbocycles. The van der Waals surface area contributed by atoms with Gasteiger partial charge >= 0.3 is 1.43 Å². The van der Waals surface area contributed by atoms with Crippen LogP contribution in [0.15, 0.2) is 36.4 Å². The molecule has 6 rings (SSSR count). The van der Waals surface area contributed by atoms with E-state index in [1.165, 1.54) is 0 Å². The minimum absolute atomic E-state index is 0. The number of nitrogens with zero attached hydrogens (tertiary/aromatic N) is 3. The Labute approximate surface area is 183 Å². The van der Waals surface area contributed by atoms with Gasteiger partial charge in [-0.2, -0.15) is 0 Å². The molecule has 7 nitrogen and oxygen atoms in total. The van der Waals surface area contributed by atoms with E-state index in [0.29, 0.717) is 30.5 Å². The molecule has 1 amide bonds. The summed E-state index contributed by atoms with van der Waals surface area (Å²) in [6.45, 7) is 5.06. The van der Waals surface area contributed by atoms with E-state index in [-0.39, 0.29) is 26.5 Å². The van der Waals surface area contributed by atoms with Crippen LogP contribution in [-0.2, 0) is 10.2 Å². The lowest BCUT2D eigenvalue weighted by Crippen LogP contribution is -3.00. The molecule has 4 aliphatic heterocycles. The number of likely N-dealkylation sites (N-methyl/N-ethyl adjacent to an activating group) is 1. The Bertz CT molecular complexity index is 1010. The lowest BCUT2D eigenvalue weighted by atomic mass is 9.77. The molecule has 158 valence electrons. The zero-order valence-corrected chi connectivity index (χ0v) is 17.5. The van der Waals surface area contributed by atoms with Gasteiger partial charge in [-0.05, 0) is 24.7 Å². The maximum absolute atomic E-state index is 13.9. The number of hydrogen-bond donors (Lipinski definition) is 0. The van der Waals surface area contributed by atoms with Crippen LogP contribution in [0.3, 0.4) is 0 Å². The maximum atomic E-state index is 13.9. The van der Waals surface area contributed by atoms with Gasteiger partial charge in [-0.15, -0.1) is 0 Å². The largest absolute Gasteiger partial charge is 1.00 e. The Kier molecular flexibility index (Phi) is 4.57. The minimum Gasteiger partial charge on any atom is -1.00 e. The second-order valence-electron chi connectivity index (χ2n) is 8.21. The fourth-order valence-electron chi connectivity index (χ4n) is 4.89. The standard InChI is InChI=1S/C22H23N3O4.ClH/c1-23-6-8-24(9-7-23)13-25-17-5-3-2-4-15(17)22(21(25)26)12-27-18-11-20-19(10-16(18)22)28-14-29-20;/h2-5,10-11H,6-9,12-14H2,1H3;1H. The quantitative estimate of drug-likeness (QED) is 0.595. The highest BCUT2D eigenvalue weighted by Crippen LogP contribution is 2.54. The predicted octanol–water partition coefficient (Wildman–Crippen LogP) is -1.24. The Morgan fingerprint density at radius 2 is 1.70 bits per heavy atom. The molecule has 2 aromatic rings. The van der Waals surface area contributed by atoms with Crippen molar-refractivity contribution in [1.29, 1.82) is 0 Å². The third kappa shape index (κ3) is 2.62. The van der Waals surface area contributed by atoms with Crippen molar-refractivity contribution in [1.82, 2.24) is 9.80 Å². The summed E-state index contributed by atoms with van der Waals surface area (Å²) in [5, 5.41) is 0. The number of fused-ring (bicyclic) bond motifs is 5. The summed E-state index contributed by atoms with van der Waals surface area (Å²) in [5.41, 5.74) is 2.04. The van der Waals surface area contributed by atoms with Gasteiger partial charge < -0.3 is 31.5 Å². The van der Waals surface area contributed by atoms with Crippen molar-refractivity contribution in [3.8, 4) is 17.2 Å². The van der Waals surface area contributed by atoms with E-state index in [4.69, 9.17) is 14.2 Å². The lowest BCUT2D eigenvalue weighted by Gasteiger charge is -2.35. The third-order valence-electron chi connectivity index (χ3n) is 6.58. The number of anilines is 1. The number of hydrogen-bond acceptors (Lipinski definition) is 6. The number of benzene rings is 2. The SMILES string of the molecule is CN1CCN(CN2C(=O)C3(COc4cc5c(cc43)OCO5)c3ccccc32)CC1.[Cl-].[H+]. The van der Waals surface area contributed by atoms with Crippen molar-refractivity contribution in [2.75, 3.05) is 58.2 Å². The molecule has 0 aliphatic carbocycles. The van der Waals surface area contributed by atoms with Gasteiger partial charge in [-0.25, -0.2) is 0 Å². The van der Waals surface area contributed by atoms with Crippen LogP contribution in [0.25, 0.3) is 0 Å². The molecule has 4 aliphatic rings. The summed E-state index contributed by atoms with van der Waals surface area (Å²) in [6.07, 6.45) is 0. The van der Waals surface area contributed by atoms with Crippen LogP contribution in [0, 0.1) is 0 Å². The second kappa shape index (κ2) is 7.04. The van der Waals surface area contributed by atoms with Gasteiger partial charge in [0.1, 0.15) is 17.8 Å². The second-order valence-corrected chi connectivity index (χ2v) is 8.21.